The molecule has 1 aliphatic rings. The number of amides is 1. The summed E-state index contributed by atoms with van der Waals surface area (Å²) in [6.45, 7) is 1.97. The van der Waals surface area contributed by atoms with Gasteiger partial charge in [0.05, 0.1) is 33.6 Å². The number of thiazole rings is 1. The molecule has 4 rings (SSSR count). The number of nitrogens with two attached hydrogens (primary N) is 1. The fourth-order valence-electron chi connectivity index (χ4n) is 4.06. The summed E-state index contributed by atoms with van der Waals surface area (Å²) in [4.78, 5) is 29.6. The lowest BCUT2D eigenvalue weighted by atomic mass is 10.1. The molecule has 3 aromatic rings. The number of carboxylic acids is 1. The van der Waals surface area contributed by atoms with Gasteiger partial charge in [-0.15, -0.1) is 13.2 Å². The van der Waals surface area contributed by atoms with E-state index in [1.807, 2.05) is 0 Å². The monoisotopic (exact) mass is 525 g/mol. The second-order valence-electron chi connectivity index (χ2n) is 7.92. The van der Waals surface area contributed by atoms with Crippen LogP contribution in [-0.4, -0.2) is 53.9 Å². The summed E-state index contributed by atoms with van der Waals surface area (Å²) in [5.74, 6) is -3.48. The summed E-state index contributed by atoms with van der Waals surface area (Å²) in [7, 11) is 1.71. The van der Waals surface area contributed by atoms with Gasteiger partial charge in [-0.3, -0.25) is 4.79 Å². The summed E-state index contributed by atoms with van der Waals surface area (Å²) in [6.07, 6.45) is -5.91. The van der Waals surface area contributed by atoms with Gasteiger partial charge in [-0.1, -0.05) is 11.3 Å². The summed E-state index contributed by atoms with van der Waals surface area (Å²) < 4.78 is 48.2. The first kappa shape index (κ1) is 25.3. The number of anilines is 3. The fraction of sp³-hybridized carbons (Fsp3) is 0.318. The molecule has 10 nitrogen and oxygen atoms in total. The highest BCUT2D eigenvalue weighted by atomic mass is 32.1. The molecule has 2 heterocycles. The van der Waals surface area contributed by atoms with Gasteiger partial charge >= 0.3 is 12.3 Å². The number of benzene rings is 2. The average Bonchev–Trinajstić information content (AvgIpc) is 3.29. The molecule has 2 aromatic carbocycles. The topological polar surface area (TPSA) is 139 Å². The molecule has 2 atom stereocenters. The number of alkyl halides is 3. The highest BCUT2D eigenvalue weighted by molar-refractivity contribution is 7.22. The van der Waals surface area contributed by atoms with Crippen LogP contribution in [0.25, 0.3) is 10.2 Å². The van der Waals surface area contributed by atoms with Crippen molar-refractivity contribution in [1.82, 2.24) is 4.98 Å². The molecule has 5 N–H and O–H groups in total. The Kier molecular flexibility index (Phi) is 6.58. The van der Waals surface area contributed by atoms with Gasteiger partial charge in [0, 0.05) is 19.7 Å². The van der Waals surface area contributed by atoms with E-state index in [0.29, 0.717) is 26.7 Å². The standard InChI is InChI=1S/C22H22F3N5O5S/c1-3-34-17(10-18(26)31)21(28-14-8-11(19(32)33)4-7-15(14)30(21)2)29-20-27-13-6-5-12(9-16(13)36-20)35-22(23,24)25/h4-9,17,28H,3,10H2,1-2H3,(H2,26,31)(H,27,29)(H,32,33). The second kappa shape index (κ2) is 9.35. The van der Waals surface area contributed by atoms with E-state index in [4.69, 9.17) is 10.5 Å². The van der Waals surface area contributed by atoms with Crippen LogP contribution in [0.15, 0.2) is 36.4 Å². The van der Waals surface area contributed by atoms with E-state index in [-0.39, 0.29) is 24.3 Å². The number of ether oxygens (including phenoxy) is 2. The molecule has 0 saturated heterocycles. The molecular formula is C22H22F3N5O5S. The Morgan fingerprint density at radius 2 is 2.06 bits per heavy atom. The first-order chi connectivity index (χ1) is 16.9. The lowest BCUT2D eigenvalue weighted by molar-refractivity contribution is -0.274. The van der Waals surface area contributed by atoms with Gasteiger partial charge in [0.2, 0.25) is 11.7 Å². The van der Waals surface area contributed by atoms with Crippen molar-refractivity contribution in [2.45, 2.75) is 31.6 Å². The summed E-state index contributed by atoms with van der Waals surface area (Å²) in [5.41, 5.74) is 7.04. The summed E-state index contributed by atoms with van der Waals surface area (Å²) in [6, 6.07) is 8.29. The lowest BCUT2D eigenvalue weighted by Gasteiger charge is -2.43. The van der Waals surface area contributed by atoms with E-state index in [2.05, 4.69) is 20.4 Å². The SMILES string of the molecule is CCOC(CC(N)=O)C1(Nc2nc3ccc(OC(F)(F)F)cc3s2)Nc2cc(C(=O)O)ccc2N1C. The predicted molar refractivity (Wildman–Crippen MR) is 127 cm³/mol. The average molecular weight is 526 g/mol. The zero-order chi connectivity index (χ0) is 26.3. The third-order valence-corrected chi connectivity index (χ3v) is 6.50. The summed E-state index contributed by atoms with van der Waals surface area (Å²) in [5, 5.41) is 16.2. The van der Waals surface area contributed by atoms with Crippen molar-refractivity contribution in [2.75, 3.05) is 29.2 Å². The highest BCUT2D eigenvalue weighted by Gasteiger charge is 2.50. The van der Waals surface area contributed by atoms with E-state index in [1.165, 1.54) is 24.3 Å². The summed E-state index contributed by atoms with van der Waals surface area (Å²) >= 11 is 1.06. The third kappa shape index (κ3) is 4.95. The van der Waals surface area contributed by atoms with Crippen molar-refractivity contribution in [3.63, 3.8) is 0 Å². The van der Waals surface area contributed by atoms with E-state index in [1.54, 1.807) is 24.9 Å². The van der Waals surface area contributed by atoms with E-state index in [9.17, 15) is 27.9 Å². The molecule has 0 saturated carbocycles. The number of hydrogen-bond acceptors (Lipinski definition) is 9. The van der Waals surface area contributed by atoms with Crippen molar-refractivity contribution < 1.29 is 37.3 Å². The first-order valence-electron chi connectivity index (χ1n) is 10.7. The van der Waals surface area contributed by atoms with Gasteiger partial charge in [0.15, 0.2) is 5.13 Å². The minimum absolute atomic E-state index is 0.0468. The van der Waals surface area contributed by atoms with E-state index < -0.39 is 30.1 Å². The smallest absolute Gasteiger partial charge is 0.478 e. The number of aromatic carboxylic acids is 1. The zero-order valence-corrected chi connectivity index (χ0v) is 19.9. The molecule has 0 aliphatic carbocycles. The van der Waals surface area contributed by atoms with Crippen molar-refractivity contribution in [1.29, 1.82) is 0 Å². The van der Waals surface area contributed by atoms with Gasteiger partial charge < -0.3 is 35.8 Å². The number of nitrogens with zero attached hydrogens (tertiary/aromatic N) is 2. The normalized spacial score (nSPS) is 18.0. The van der Waals surface area contributed by atoms with Crippen LogP contribution in [0, 0.1) is 0 Å². The molecule has 192 valence electrons. The molecule has 1 amide bonds. The molecule has 1 aromatic heterocycles. The Bertz CT molecular complexity index is 1320. The van der Waals surface area contributed by atoms with Crippen LogP contribution in [-0.2, 0) is 9.53 Å². The Morgan fingerprint density at radius 1 is 1.31 bits per heavy atom. The fourth-order valence-corrected chi connectivity index (χ4v) is 5.01. The number of carboxylic acid groups (broad SMARTS) is 1. The van der Waals surface area contributed by atoms with Crippen molar-refractivity contribution in [3.05, 3.63) is 42.0 Å². The van der Waals surface area contributed by atoms with E-state index >= 15 is 0 Å². The number of carbonyl (C=O) groups is 2. The molecule has 36 heavy (non-hydrogen) atoms. The number of carbonyl (C=O) groups excluding carboxylic acids is 1. The molecule has 0 bridgehead atoms. The minimum Gasteiger partial charge on any atom is -0.478 e. The molecule has 2 unspecified atom stereocenters. The lowest BCUT2D eigenvalue weighted by Crippen LogP contribution is -2.64. The van der Waals surface area contributed by atoms with Crippen LogP contribution < -0.4 is 26.0 Å². The van der Waals surface area contributed by atoms with Crippen molar-refractivity contribution in [2.24, 2.45) is 5.73 Å². The van der Waals surface area contributed by atoms with E-state index in [0.717, 1.165) is 17.4 Å². The maximum absolute atomic E-state index is 12.6. The van der Waals surface area contributed by atoms with Crippen LogP contribution in [0.1, 0.15) is 23.7 Å². The number of aromatic nitrogens is 1. The van der Waals surface area contributed by atoms with Gasteiger partial charge in [-0.2, -0.15) is 0 Å². The molecular weight excluding hydrogens is 503 g/mol. The van der Waals surface area contributed by atoms with Crippen LogP contribution in [0.2, 0.25) is 0 Å². The molecule has 0 fully saturated rings. The number of nitrogens with one attached hydrogen (secondary N) is 2. The van der Waals surface area contributed by atoms with Crippen LogP contribution >= 0.6 is 11.3 Å². The number of rotatable bonds is 9. The molecule has 0 radical (unpaired) electrons. The number of hydrogen-bond donors (Lipinski definition) is 4. The Labute approximate surface area is 206 Å². The third-order valence-electron chi connectivity index (χ3n) is 5.57. The molecule has 1 aliphatic heterocycles. The van der Waals surface area contributed by atoms with Crippen molar-refractivity contribution in [3.8, 4) is 5.75 Å². The largest absolute Gasteiger partial charge is 0.573 e. The number of primary amides is 1. The maximum Gasteiger partial charge on any atom is 0.573 e. The Morgan fingerprint density at radius 3 is 2.69 bits per heavy atom. The second-order valence-corrected chi connectivity index (χ2v) is 8.95. The van der Waals surface area contributed by atoms with Gasteiger partial charge in [0.1, 0.15) is 11.9 Å². The maximum atomic E-state index is 12.6. The molecule has 14 heteroatoms. The number of halogens is 3. The van der Waals surface area contributed by atoms with Gasteiger partial charge in [0.25, 0.3) is 0 Å². The first-order valence-corrected chi connectivity index (χ1v) is 11.5. The number of likely N-dealkylation sites (N-methyl/N-ethyl adjacent to an activating group) is 1. The van der Waals surface area contributed by atoms with Crippen molar-refractivity contribution >= 4 is 49.9 Å². The Balaban J connectivity index is 1.76. The van der Waals surface area contributed by atoms with Crippen LogP contribution in [0.5, 0.6) is 5.75 Å². The van der Waals surface area contributed by atoms with Gasteiger partial charge in [-0.25, -0.2) is 9.78 Å². The minimum atomic E-state index is -4.83. The Hall–Kier alpha value is -3.78. The quantitative estimate of drug-likeness (QED) is 0.328. The zero-order valence-electron chi connectivity index (χ0n) is 19.0. The number of fused-ring (bicyclic) bond motifs is 2. The van der Waals surface area contributed by atoms with Crippen LogP contribution in [0.3, 0.4) is 0 Å². The predicted octanol–water partition coefficient (Wildman–Crippen LogP) is 3.80. The van der Waals surface area contributed by atoms with Gasteiger partial charge in [-0.05, 0) is 37.3 Å². The van der Waals surface area contributed by atoms with Crippen LogP contribution in [0.4, 0.5) is 29.7 Å². The highest BCUT2D eigenvalue weighted by Crippen LogP contribution is 2.44. The molecule has 0 spiro atoms.